The van der Waals surface area contributed by atoms with Crippen molar-refractivity contribution in [1.29, 1.82) is 0 Å². The average Bonchev–Trinajstić information content (AvgIpc) is 2.90. The molecule has 0 saturated carbocycles. The first-order chi connectivity index (χ1) is 11.1. The Morgan fingerprint density at radius 2 is 1.70 bits per heavy atom. The predicted octanol–water partition coefficient (Wildman–Crippen LogP) is 3.73. The lowest BCUT2D eigenvalue weighted by molar-refractivity contribution is 0.0690. The van der Waals surface area contributed by atoms with E-state index in [1.54, 1.807) is 0 Å². The van der Waals surface area contributed by atoms with E-state index in [1.165, 1.54) is 16.5 Å². The summed E-state index contributed by atoms with van der Waals surface area (Å²) < 4.78 is 2.16. The lowest BCUT2D eigenvalue weighted by atomic mass is 10.0. The van der Waals surface area contributed by atoms with Gasteiger partial charge in [0.15, 0.2) is 0 Å². The molecule has 1 aromatic heterocycles. The standard InChI is InChI=1S/C20H24N2O/c1-15(20(23)16-9-5-4-6-10-16)21(2)13-17-14-22(3)19-12-8-7-11-18(17)19/h4-12,14-15,20,23H,13H2,1-3H3/t15-,20+/m0/s1. The summed E-state index contributed by atoms with van der Waals surface area (Å²) in [7, 11) is 4.15. The zero-order valence-electron chi connectivity index (χ0n) is 14.0. The van der Waals surface area contributed by atoms with E-state index < -0.39 is 6.10 Å². The monoisotopic (exact) mass is 308 g/mol. The molecule has 0 aliphatic carbocycles. The predicted molar refractivity (Wildman–Crippen MR) is 95.2 cm³/mol. The van der Waals surface area contributed by atoms with Gasteiger partial charge in [-0.15, -0.1) is 0 Å². The van der Waals surface area contributed by atoms with Crippen LogP contribution in [-0.2, 0) is 13.6 Å². The van der Waals surface area contributed by atoms with Crippen molar-refractivity contribution < 1.29 is 5.11 Å². The average molecular weight is 308 g/mol. The van der Waals surface area contributed by atoms with E-state index >= 15 is 0 Å². The van der Waals surface area contributed by atoms with Crippen LogP contribution in [0.4, 0.5) is 0 Å². The van der Waals surface area contributed by atoms with E-state index in [-0.39, 0.29) is 6.04 Å². The highest BCUT2D eigenvalue weighted by atomic mass is 16.3. The van der Waals surface area contributed by atoms with Crippen molar-refractivity contribution in [2.24, 2.45) is 7.05 Å². The van der Waals surface area contributed by atoms with E-state index in [2.05, 4.69) is 60.9 Å². The largest absolute Gasteiger partial charge is 0.387 e. The second-order valence-corrected chi connectivity index (χ2v) is 6.29. The highest BCUT2D eigenvalue weighted by Gasteiger charge is 2.21. The van der Waals surface area contributed by atoms with Crippen molar-refractivity contribution in [3.05, 3.63) is 71.9 Å². The maximum absolute atomic E-state index is 10.6. The van der Waals surface area contributed by atoms with Crippen LogP contribution in [0.5, 0.6) is 0 Å². The van der Waals surface area contributed by atoms with Crippen LogP contribution in [0.15, 0.2) is 60.8 Å². The van der Waals surface area contributed by atoms with Crippen LogP contribution in [0.25, 0.3) is 10.9 Å². The second kappa shape index (κ2) is 6.57. The minimum atomic E-state index is -0.490. The lowest BCUT2D eigenvalue weighted by Crippen LogP contribution is -2.33. The molecule has 0 bridgehead atoms. The fourth-order valence-corrected chi connectivity index (χ4v) is 3.13. The van der Waals surface area contributed by atoms with Crippen molar-refractivity contribution in [1.82, 2.24) is 9.47 Å². The third-order valence-corrected chi connectivity index (χ3v) is 4.69. The molecular weight excluding hydrogens is 284 g/mol. The van der Waals surface area contributed by atoms with Gasteiger partial charge in [-0.1, -0.05) is 48.5 Å². The van der Waals surface area contributed by atoms with Gasteiger partial charge in [0.2, 0.25) is 0 Å². The van der Waals surface area contributed by atoms with E-state index in [4.69, 9.17) is 0 Å². The van der Waals surface area contributed by atoms with Gasteiger partial charge in [-0.25, -0.2) is 0 Å². The fourth-order valence-electron chi connectivity index (χ4n) is 3.13. The van der Waals surface area contributed by atoms with Crippen molar-refractivity contribution >= 4 is 10.9 Å². The number of benzene rings is 2. The van der Waals surface area contributed by atoms with Crippen LogP contribution in [-0.4, -0.2) is 27.7 Å². The SMILES string of the molecule is C[C@@H]([C@@H](O)c1ccccc1)N(C)Cc1cn(C)c2ccccc12. The number of fused-ring (bicyclic) bond motifs is 1. The zero-order chi connectivity index (χ0) is 16.4. The highest BCUT2D eigenvalue weighted by Crippen LogP contribution is 2.25. The lowest BCUT2D eigenvalue weighted by Gasteiger charge is -2.29. The van der Waals surface area contributed by atoms with Crippen LogP contribution in [0.2, 0.25) is 0 Å². The maximum atomic E-state index is 10.6. The molecule has 3 nitrogen and oxygen atoms in total. The quantitative estimate of drug-likeness (QED) is 0.778. The van der Waals surface area contributed by atoms with Crippen LogP contribution in [0.3, 0.4) is 0 Å². The molecule has 0 saturated heterocycles. The molecule has 2 aromatic carbocycles. The van der Waals surface area contributed by atoms with Gasteiger partial charge in [0.1, 0.15) is 0 Å². The number of aliphatic hydroxyl groups is 1. The van der Waals surface area contributed by atoms with Crippen molar-refractivity contribution in [2.75, 3.05) is 7.05 Å². The Hall–Kier alpha value is -2.10. The molecule has 3 rings (SSSR count). The summed E-state index contributed by atoms with van der Waals surface area (Å²) in [4.78, 5) is 2.21. The number of hydrogen-bond acceptors (Lipinski definition) is 2. The molecule has 120 valence electrons. The Labute approximate surface area is 137 Å². The summed E-state index contributed by atoms with van der Waals surface area (Å²) in [5.41, 5.74) is 3.50. The first-order valence-corrected chi connectivity index (χ1v) is 8.04. The molecule has 0 radical (unpaired) electrons. The van der Waals surface area contributed by atoms with Gasteiger partial charge in [-0.05, 0) is 31.2 Å². The smallest absolute Gasteiger partial charge is 0.0942 e. The summed E-state index contributed by atoms with van der Waals surface area (Å²) in [6, 6.07) is 18.4. The third kappa shape index (κ3) is 3.16. The zero-order valence-corrected chi connectivity index (χ0v) is 14.0. The van der Waals surface area contributed by atoms with Crippen molar-refractivity contribution in [3.8, 4) is 0 Å². The van der Waals surface area contributed by atoms with Gasteiger partial charge in [-0.2, -0.15) is 0 Å². The molecule has 0 aliphatic rings. The summed E-state index contributed by atoms with van der Waals surface area (Å²) >= 11 is 0. The van der Waals surface area contributed by atoms with Crippen LogP contribution >= 0.6 is 0 Å². The summed E-state index contributed by atoms with van der Waals surface area (Å²) in [6.45, 7) is 2.88. The minimum absolute atomic E-state index is 0.0383. The Morgan fingerprint density at radius 1 is 1.04 bits per heavy atom. The van der Waals surface area contributed by atoms with Crippen LogP contribution in [0, 0.1) is 0 Å². The molecule has 0 spiro atoms. The third-order valence-electron chi connectivity index (χ3n) is 4.69. The van der Waals surface area contributed by atoms with Crippen molar-refractivity contribution in [3.63, 3.8) is 0 Å². The molecule has 0 fully saturated rings. The number of aryl methyl sites for hydroxylation is 1. The number of likely N-dealkylation sites (N-methyl/N-ethyl adjacent to an activating group) is 1. The van der Waals surface area contributed by atoms with E-state index in [1.807, 2.05) is 30.3 Å². The summed E-state index contributed by atoms with van der Waals surface area (Å²) in [6.07, 6.45) is 1.69. The summed E-state index contributed by atoms with van der Waals surface area (Å²) in [5, 5.41) is 11.9. The molecule has 3 aromatic rings. The molecule has 1 N–H and O–H groups in total. The van der Waals surface area contributed by atoms with Gasteiger partial charge in [0, 0.05) is 36.7 Å². The van der Waals surface area contributed by atoms with Crippen LogP contribution < -0.4 is 0 Å². The fraction of sp³-hybridized carbons (Fsp3) is 0.300. The van der Waals surface area contributed by atoms with Gasteiger partial charge in [0.05, 0.1) is 6.10 Å². The molecule has 1 heterocycles. The van der Waals surface area contributed by atoms with Gasteiger partial charge >= 0.3 is 0 Å². The van der Waals surface area contributed by atoms with E-state index in [0.29, 0.717) is 0 Å². The Bertz CT molecular complexity index is 779. The number of nitrogens with zero attached hydrogens (tertiary/aromatic N) is 2. The normalized spacial score (nSPS) is 14.3. The number of aliphatic hydroxyl groups excluding tert-OH is 1. The van der Waals surface area contributed by atoms with E-state index in [9.17, 15) is 5.11 Å². The van der Waals surface area contributed by atoms with E-state index in [0.717, 1.165) is 12.1 Å². The summed E-state index contributed by atoms with van der Waals surface area (Å²) in [5.74, 6) is 0. The Balaban J connectivity index is 1.79. The number of aromatic nitrogens is 1. The first-order valence-electron chi connectivity index (χ1n) is 8.04. The number of hydrogen-bond donors (Lipinski definition) is 1. The molecule has 2 atom stereocenters. The van der Waals surface area contributed by atoms with Gasteiger partial charge in [0.25, 0.3) is 0 Å². The topological polar surface area (TPSA) is 28.4 Å². The second-order valence-electron chi connectivity index (χ2n) is 6.29. The molecule has 23 heavy (non-hydrogen) atoms. The minimum Gasteiger partial charge on any atom is -0.387 e. The Kier molecular flexibility index (Phi) is 4.51. The number of para-hydroxylation sites is 1. The molecule has 0 amide bonds. The van der Waals surface area contributed by atoms with Gasteiger partial charge < -0.3 is 9.67 Å². The molecule has 0 aliphatic heterocycles. The molecule has 0 unspecified atom stereocenters. The van der Waals surface area contributed by atoms with Crippen LogP contribution in [0.1, 0.15) is 24.2 Å². The first kappa shape index (κ1) is 15.8. The molecule has 3 heteroatoms. The Morgan fingerprint density at radius 3 is 2.43 bits per heavy atom. The van der Waals surface area contributed by atoms with Gasteiger partial charge in [-0.3, -0.25) is 4.90 Å². The molecular formula is C20H24N2O. The highest BCUT2D eigenvalue weighted by molar-refractivity contribution is 5.83. The maximum Gasteiger partial charge on any atom is 0.0942 e. The number of rotatable bonds is 5. The van der Waals surface area contributed by atoms with Crippen molar-refractivity contribution in [2.45, 2.75) is 25.6 Å².